The molecule has 0 aliphatic carbocycles. The van der Waals surface area contributed by atoms with E-state index in [1.165, 1.54) is 4.90 Å². The molecule has 0 N–H and O–H groups in total. The summed E-state index contributed by atoms with van der Waals surface area (Å²) in [5, 5.41) is 1.07. The first-order valence-corrected chi connectivity index (χ1v) is 7.82. The van der Waals surface area contributed by atoms with Gasteiger partial charge in [0.05, 0.1) is 12.1 Å². The number of hydrogen-bond donors (Lipinski definition) is 0. The molecule has 1 fully saturated rings. The largest absolute Gasteiger partial charge is 0.350 e. The first-order chi connectivity index (χ1) is 11.6. The maximum Gasteiger partial charge on any atom is 0.261 e. The lowest BCUT2D eigenvalue weighted by molar-refractivity contribution is -0.120. The third-order valence-electron chi connectivity index (χ3n) is 4.34. The molecule has 24 heavy (non-hydrogen) atoms. The Morgan fingerprint density at radius 1 is 0.958 bits per heavy atom. The summed E-state index contributed by atoms with van der Waals surface area (Å²) in [5.41, 5.74) is 3.20. The van der Waals surface area contributed by atoms with Gasteiger partial charge in [-0.15, -0.1) is 0 Å². The van der Waals surface area contributed by atoms with Crippen molar-refractivity contribution in [2.24, 2.45) is 7.05 Å². The number of carbonyl (C=O) groups is 2. The first-order valence-electron chi connectivity index (χ1n) is 7.82. The van der Waals surface area contributed by atoms with E-state index in [4.69, 9.17) is 0 Å². The fraction of sp³-hybridized carbons (Fsp3) is 0.100. The lowest BCUT2D eigenvalue weighted by Crippen LogP contribution is -2.28. The Morgan fingerprint density at radius 3 is 2.46 bits per heavy atom. The molecule has 0 bridgehead atoms. The Kier molecular flexibility index (Phi) is 3.31. The Labute approximate surface area is 139 Å². The number of hydrogen-bond acceptors (Lipinski definition) is 2. The molecule has 4 rings (SSSR count). The highest BCUT2D eigenvalue weighted by Gasteiger charge is 2.34. The molecule has 1 aliphatic heterocycles. The number of nitrogens with zero attached hydrogens (tertiary/aromatic N) is 2. The Morgan fingerprint density at radius 2 is 1.67 bits per heavy atom. The molecule has 4 heteroatoms. The zero-order valence-corrected chi connectivity index (χ0v) is 13.3. The minimum atomic E-state index is -0.237. The van der Waals surface area contributed by atoms with Gasteiger partial charge in [-0.3, -0.25) is 9.59 Å². The second-order valence-corrected chi connectivity index (χ2v) is 5.93. The van der Waals surface area contributed by atoms with Crippen LogP contribution in [0, 0.1) is 0 Å². The summed E-state index contributed by atoms with van der Waals surface area (Å²) in [6, 6.07) is 17.1. The van der Waals surface area contributed by atoms with E-state index in [2.05, 4.69) is 0 Å². The number of benzene rings is 2. The summed E-state index contributed by atoms with van der Waals surface area (Å²) >= 11 is 0. The van der Waals surface area contributed by atoms with Crippen molar-refractivity contribution in [3.8, 4) is 0 Å². The summed E-state index contributed by atoms with van der Waals surface area (Å²) < 4.78 is 2.03. The molecule has 0 atom stereocenters. The van der Waals surface area contributed by atoms with Crippen molar-refractivity contribution in [2.75, 3.05) is 4.90 Å². The lowest BCUT2D eigenvalue weighted by atomic mass is 10.1. The second kappa shape index (κ2) is 5.49. The molecule has 2 amide bonds. The monoisotopic (exact) mass is 316 g/mol. The van der Waals surface area contributed by atoms with E-state index in [1.807, 2.05) is 66.4 Å². The molecule has 1 aromatic heterocycles. The average molecular weight is 316 g/mol. The quantitative estimate of drug-likeness (QED) is 0.536. The zero-order valence-electron chi connectivity index (χ0n) is 13.3. The molecule has 3 aromatic rings. The normalized spacial score (nSPS) is 16.5. The minimum absolute atomic E-state index is 0.136. The SMILES string of the molecule is Cn1cc(C=C2CC(=O)N(c3ccccc3)C2=O)c2ccccc21. The van der Waals surface area contributed by atoms with Crippen molar-refractivity contribution in [1.29, 1.82) is 0 Å². The number of fused-ring (bicyclic) bond motifs is 1. The van der Waals surface area contributed by atoms with Crippen molar-refractivity contribution in [3.05, 3.63) is 71.9 Å². The predicted molar refractivity (Wildman–Crippen MR) is 94.4 cm³/mol. The van der Waals surface area contributed by atoms with Crippen LogP contribution in [0.15, 0.2) is 66.4 Å². The van der Waals surface area contributed by atoms with Crippen LogP contribution in [0.1, 0.15) is 12.0 Å². The highest BCUT2D eigenvalue weighted by atomic mass is 16.2. The number of aryl methyl sites for hydroxylation is 1. The molecule has 0 radical (unpaired) electrons. The minimum Gasteiger partial charge on any atom is -0.350 e. The molecule has 118 valence electrons. The molecular weight excluding hydrogens is 300 g/mol. The fourth-order valence-electron chi connectivity index (χ4n) is 3.20. The highest BCUT2D eigenvalue weighted by Crippen LogP contribution is 2.29. The molecule has 0 saturated carbocycles. The maximum absolute atomic E-state index is 12.7. The van der Waals surface area contributed by atoms with Crippen molar-refractivity contribution >= 4 is 34.5 Å². The van der Waals surface area contributed by atoms with E-state index in [9.17, 15) is 9.59 Å². The maximum atomic E-state index is 12.7. The van der Waals surface area contributed by atoms with E-state index in [0.29, 0.717) is 11.3 Å². The first kappa shape index (κ1) is 14.5. The van der Waals surface area contributed by atoms with Crippen LogP contribution in [0.5, 0.6) is 0 Å². The van der Waals surface area contributed by atoms with Gasteiger partial charge in [0.15, 0.2) is 0 Å². The summed E-state index contributed by atoms with van der Waals surface area (Å²) in [6.45, 7) is 0. The van der Waals surface area contributed by atoms with E-state index in [0.717, 1.165) is 16.5 Å². The smallest absolute Gasteiger partial charge is 0.261 e. The number of amides is 2. The Bertz CT molecular complexity index is 983. The lowest BCUT2D eigenvalue weighted by Gasteiger charge is -2.12. The number of rotatable bonds is 2. The van der Waals surface area contributed by atoms with Crippen LogP contribution in [-0.4, -0.2) is 16.4 Å². The summed E-state index contributed by atoms with van der Waals surface area (Å²) in [4.78, 5) is 26.3. The van der Waals surface area contributed by atoms with Crippen LogP contribution in [0.2, 0.25) is 0 Å². The molecule has 1 saturated heterocycles. The third kappa shape index (κ3) is 2.24. The Balaban J connectivity index is 1.76. The van der Waals surface area contributed by atoms with Gasteiger partial charge in [0.1, 0.15) is 0 Å². The molecule has 0 unspecified atom stereocenters. The van der Waals surface area contributed by atoms with Crippen LogP contribution in [-0.2, 0) is 16.6 Å². The van der Waals surface area contributed by atoms with Gasteiger partial charge in [-0.2, -0.15) is 0 Å². The average Bonchev–Trinajstić information content (AvgIpc) is 3.06. The number of carbonyl (C=O) groups excluding carboxylic acids is 2. The number of para-hydroxylation sites is 2. The summed E-state index contributed by atoms with van der Waals surface area (Å²) in [6.07, 6.45) is 3.96. The van der Waals surface area contributed by atoms with Gasteiger partial charge < -0.3 is 4.57 Å². The molecule has 0 spiro atoms. The van der Waals surface area contributed by atoms with Crippen LogP contribution in [0.4, 0.5) is 5.69 Å². The van der Waals surface area contributed by atoms with Crippen molar-refractivity contribution in [2.45, 2.75) is 6.42 Å². The van der Waals surface area contributed by atoms with Crippen molar-refractivity contribution in [3.63, 3.8) is 0 Å². The van der Waals surface area contributed by atoms with E-state index in [1.54, 1.807) is 12.1 Å². The van der Waals surface area contributed by atoms with Gasteiger partial charge in [-0.25, -0.2) is 4.90 Å². The van der Waals surface area contributed by atoms with Crippen LogP contribution >= 0.6 is 0 Å². The van der Waals surface area contributed by atoms with Gasteiger partial charge in [0.2, 0.25) is 5.91 Å². The molecular formula is C20H16N2O2. The van der Waals surface area contributed by atoms with Crippen LogP contribution < -0.4 is 4.90 Å². The van der Waals surface area contributed by atoms with Gasteiger partial charge >= 0.3 is 0 Å². The van der Waals surface area contributed by atoms with Gasteiger partial charge in [-0.1, -0.05) is 36.4 Å². The van der Waals surface area contributed by atoms with Gasteiger partial charge in [0.25, 0.3) is 5.91 Å². The van der Waals surface area contributed by atoms with Gasteiger partial charge in [0, 0.05) is 35.3 Å². The summed E-state index contributed by atoms with van der Waals surface area (Å²) in [7, 11) is 1.97. The van der Waals surface area contributed by atoms with E-state index < -0.39 is 0 Å². The number of aromatic nitrogens is 1. The highest BCUT2D eigenvalue weighted by molar-refractivity contribution is 6.29. The van der Waals surface area contributed by atoms with E-state index in [-0.39, 0.29) is 18.2 Å². The molecule has 2 heterocycles. The third-order valence-corrected chi connectivity index (χ3v) is 4.34. The topological polar surface area (TPSA) is 42.3 Å². The number of anilines is 1. The molecule has 1 aliphatic rings. The Hall–Kier alpha value is -3.14. The van der Waals surface area contributed by atoms with Crippen LogP contribution in [0.25, 0.3) is 17.0 Å². The predicted octanol–water partition coefficient (Wildman–Crippen LogP) is 3.53. The standard InChI is InChI=1S/C20H16N2O2/c1-21-13-15(17-9-5-6-10-18(17)21)11-14-12-19(23)22(20(14)24)16-7-3-2-4-8-16/h2-11,13H,12H2,1H3. The van der Waals surface area contributed by atoms with E-state index >= 15 is 0 Å². The number of imide groups is 1. The summed E-state index contributed by atoms with van der Waals surface area (Å²) in [5.74, 6) is -0.420. The van der Waals surface area contributed by atoms with Crippen molar-refractivity contribution < 1.29 is 9.59 Å². The van der Waals surface area contributed by atoms with Crippen LogP contribution in [0.3, 0.4) is 0 Å². The fourth-order valence-corrected chi connectivity index (χ4v) is 3.20. The second-order valence-electron chi connectivity index (χ2n) is 5.93. The zero-order chi connectivity index (χ0) is 16.7. The van der Waals surface area contributed by atoms with Crippen molar-refractivity contribution in [1.82, 2.24) is 4.57 Å². The molecule has 4 nitrogen and oxygen atoms in total. The molecule has 2 aromatic carbocycles. The van der Waals surface area contributed by atoms with Gasteiger partial charge in [-0.05, 0) is 24.3 Å².